The van der Waals surface area contributed by atoms with E-state index in [1.165, 1.54) is 11.8 Å². The molecule has 0 aliphatic carbocycles. The first-order valence-corrected chi connectivity index (χ1v) is 4.49. The van der Waals surface area contributed by atoms with Crippen molar-refractivity contribution in [1.82, 2.24) is 4.90 Å². The SMILES string of the molecule is O=C(O)CC1=CN2CCN=C2S1. The fourth-order valence-corrected chi connectivity index (χ4v) is 2.23. The molecule has 0 amide bonds. The summed E-state index contributed by atoms with van der Waals surface area (Å²) in [6, 6.07) is 0. The van der Waals surface area contributed by atoms with Crippen LogP contribution < -0.4 is 0 Å². The summed E-state index contributed by atoms with van der Waals surface area (Å²) >= 11 is 1.47. The van der Waals surface area contributed by atoms with Gasteiger partial charge in [-0.1, -0.05) is 11.8 Å². The van der Waals surface area contributed by atoms with E-state index in [1.807, 2.05) is 11.1 Å². The average molecular weight is 184 g/mol. The molecule has 64 valence electrons. The molecule has 0 aromatic heterocycles. The minimum Gasteiger partial charge on any atom is -0.481 e. The highest BCUT2D eigenvalue weighted by molar-refractivity contribution is 8.17. The molecule has 1 N–H and O–H groups in total. The Labute approximate surface area is 74.0 Å². The number of carbonyl (C=O) groups is 1. The summed E-state index contributed by atoms with van der Waals surface area (Å²) in [5.74, 6) is -0.782. The van der Waals surface area contributed by atoms with Crippen molar-refractivity contribution in [1.29, 1.82) is 0 Å². The van der Waals surface area contributed by atoms with Crippen molar-refractivity contribution in [3.63, 3.8) is 0 Å². The van der Waals surface area contributed by atoms with E-state index in [4.69, 9.17) is 5.11 Å². The molecule has 0 fully saturated rings. The maximum Gasteiger partial charge on any atom is 0.308 e. The lowest BCUT2D eigenvalue weighted by atomic mass is 10.4. The Bertz CT molecular complexity index is 285. The second kappa shape index (κ2) is 2.82. The summed E-state index contributed by atoms with van der Waals surface area (Å²) < 4.78 is 0. The Kier molecular flexibility index (Phi) is 1.80. The largest absolute Gasteiger partial charge is 0.481 e. The third-order valence-corrected chi connectivity index (χ3v) is 2.74. The van der Waals surface area contributed by atoms with Crippen LogP contribution in [0.4, 0.5) is 0 Å². The van der Waals surface area contributed by atoms with Crippen LogP contribution in [0.2, 0.25) is 0 Å². The van der Waals surface area contributed by atoms with Gasteiger partial charge in [0.2, 0.25) is 0 Å². The number of amidine groups is 1. The molecule has 2 aliphatic heterocycles. The first-order valence-electron chi connectivity index (χ1n) is 3.67. The van der Waals surface area contributed by atoms with Gasteiger partial charge in [0.05, 0.1) is 13.0 Å². The zero-order valence-electron chi connectivity index (χ0n) is 6.36. The van der Waals surface area contributed by atoms with Crippen LogP contribution >= 0.6 is 11.8 Å². The molecule has 0 bridgehead atoms. The van der Waals surface area contributed by atoms with E-state index in [2.05, 4.69) is 4.99 Å². The molecule has 12 heavy (non-hydrogen) atoms. The number of hydrogen-bond donors (Lipinski definition) is 1. The van der Waals surface area contributed by atoms with Gasteiger partial charge < -0.3 is 10.0 Å². The monoisotopic (exact) mass is 184 g/mol. The summed E-state index contributed by atoms with van der Waals surface area (Å²) in [4.78, 5) is 17.5. The van der Waals surface area contributed by atoms with Crippen LogP contribution in [0.1, 0.15) is 6.42 Å². The van der Waals surface area contributed by atoms with Crippen molar-refractivity contribution in [3.05, 3.63) is 11.1 Å². The van der Waals surface area contributed by atoms with Gasteiger partial charge in [-0.2, -0.15) is 0 Å². The lowest BCUT2D eigenvalue weighted by Gasteiger charge is -2.04. The second-order valence-corrected chi connectivity index (χ2v) is 3.72. The number of thioether (sulfide) groups is 1. The number of rotatable bonds is 2. The van der Waals surface area contributed by atoms with Crippen LogP contribution in [0, 0.1) is 0 Å². The summed E-state index contributed by atoms with van der Waals surface area (Å²) in [7, 11) is 0. The average Bonchev–Trinajstić information content (AvgIpc) is 2.43. The molecular weight excluding hydrogens is 176 g/mol. The molecular formula is C7H8N2O2S. The molecule has 0 aromatic rings. The number of aliphatic carboxylic acids is 1. The molecule has 2 aliphatic rings. The topological polar surface area (TPSA) is 52.9 Å². The number of carboxylic acids is 1. The fraction of sp³-hybridized carbons (Fsp3) is 0.429. The molecule has 0 atom stereocenters. The standard InChI is InChI=1S/C7H8N2O2S/c10-6(11)3-5-4-9-2-1-8-7(9)12-5/h4H,1-3H2,(H,10,11). The molecule has 4 nitrogen and oxygen atoms in total. The van der Waals surface area contributed by atoms with Gasteiger partial charge in [0, 0.05) is 17.6 Å². The summed E-state index contributed by atoms with van der Waals surface area (Å²) in [5.41, 5.74) is 0. The first-order chi connectivity index (χ1) is 5.75. The van der Waals surface area contributed by atoms with E-state index < -0.39 is 5.97 Å². The van der Waals surface area contributed by atoms with E-state index in [9.17, 15) is 4.79 Å². The van der Waals surface area contributed by atoms with E-state index in [0.29, 0.717) is 0 Å². The van der Waals surface area contributed by atoms with Crippen molar-refractivity contribution < 1.29 is 9.90 Å². The number of fused-ring (bicyclic) bond motifs is 1. The van der Waals surface area contributed by atoms with Crippen molar-refractivity contribution >= 4 is 22.9 Å². The summed E-state index contributed by atoms with van der Waals surface area (Å²) in [6.45, 7) is 1.73. The van der Waals surface area contributed by atoms with Gasteiger partial charge in [0.15, 0.2) is 5.17 Å². The third kappa shape index (κ3) is 1.32. The van der Waals surface area contributed by atoms with E-state index in [0.717, 1.165) is 23.2 Å². The molecule has 2 rings (SSSR count). The molecule has 0 unspecified atom stereocenters. The lowest BCUT2D eigenvalue weighted by Crippen LogP contribution is -2.14. The minimum absolute atomic E-state index is 0.111. The minimum atomic E-state index is -0.782. The number of aliphatic imine (C=N–C) groups is 1. The third-order valence-electron chi connectivity index (χ3n) is 1.68. The van der Waals surface area contributed by atoms with Crippen molar-refractivity contribution in [2.24, 2.45) is 4.99 Å². The Morgan fingerprint density at radius 1 is 1.83 bits per heavy atom. The van der Waals surface area contributed by atoms with Gasteiger partial charge in [-0.15, -0.1) is 0 Å². The van der Waals surface area contributed by atoms with Crippen LogP contribution in [0.5, 0.6) is 0 Å². The second-order valence-electron chi connectivity index (χ2n) is 2.63. The Hall–Kier alpha value is -0.970. The Balaban J connectivity index is 2.04. The van der Waals surface area contributed by atoms with Crippen LogP contribution in [0.25, 0.3) is 0 Å². The summed E-state index contributed by atoms with van der Waals surface area (Å²) in [6.07, 6.45) is 1.99. The summed E-state index contributed by atoms with van der Waals surface area (Å²) in [5, 5.41) is 9.47. The zero-order valence-corrected chi connectivity index (χ0v) is 7.17. The van der Waals surface area contributed by atoms with Gasteiger partial charge in [-0.05, 0) is 0 Å². The van der Waals surface area contributed by atoms with Crippen LogP contribution in [0.15, 0.2) is 16.1 Å². The first kappa shape index (κ1) is 7.67. The molecule has 0 spiro atoms. The highest BCUT2D eigenvalue weighted by Gasteiger charge is 2.24. The van der Waals surface area contributed by atoms with Gasteiger partial charge in [-0.3, -0.25) is 9.79 Å². The van der Waals surface area contributed by atoms with Crippen LogP contribution in [-0.2, 0) is 4.79 Å². The maximum absolute atomic E-state index is 10.4. The number of nitrogens with zero attached hydrogens (tertiary/aromatic N) is 2. The van der Waals surface area contributed by atoms with Crippen molar-refractivity contribution in [3.8, 4) is 0 Å². The van der Waals surface area contributed by atoms with Crippen molar-refractivity contribution in [2.45, 2.75) is 6.42 Å². The molecule has 0 aromatic carbocycles. The molecule has 2 heterocycles. The van der Waals surface area contributed by atoms with E-state index in [-0.39, 0.29) is 6.42 Å². The van der Waals surface area contributed by atoms with E-state index in [1.54, 1.807) is 0 Å². The van der Waals surface area contributed by atoms with Crippen LogP contribution in [0.3, 0.4) is 0 Å². The van der Waals surface area contributed by atoms with Gasteiger partial charge >= 0.3 is 5.97 Å². The number of hydrogen-bond acceptors (Lipinski definition) is 4. The van der Waals surface area contributed by atoms with Gasteiger partial charge in [0.25, 0.3) is 0 Å². The lowest BCUT2D eigenvalue weighted by molar-refractivity contribution is -0.136. The van der Waals surface area contributed by atoms with Gasteiger partial charge in [-0.25, -0.2) is 0 Å². The Morgan fingerprint density at radius 2 is 2.67 bits per heavy atom. The highest BCUT2D eigenvalue weighted by Crippen LogP contribution is 2.32. The molecule has 5 heteroatoms. The zero-order chi connectivity index (χ0) is 8.55. The predicted molar refractivity (Wildman–Crippen MR) is 46.9 cm³/mol. The smallest absolute Gasteiger partial charge is 0.308 e. The van der Waals surface area contributed by atoms with E-state index >= 15 is 0 Å². The maximum atomic E-state index is 10.4. The normalized spacial score (nSPS) is 20.5. The van der Waals surface area contributed by atoms with Gasteiger partial charge in [0.1, 0.15) is 0 Å². The fourth-order valence-electron chi connectivity index (χ4n) is 1.20. The number of carboxylic acid groups (broad SMARTS) is 1. The quantitative estimate of drug-likeness (QED) is 0.687. The molecule has 0 saturated heterocycles. The predicted octanol–water partition coefficient (Wildman–Crippen LogP) is 0.721. The van der Waals surface area contributed by atoms with Crippen LogP contribution in [-0.4, -0.2) is 34.2 Å². The molecule has 0 saturated carbocycles. The highest BCUT2D eigenvalue weighted by atomic mass is 32.2. The molecule has 0 radical (unpaired) electrons. The Morgan fingerprint density at radius 3 is 3.33 bits per heavy atom. The van der Waals surface area contributed by atoms with Crippen molar-refractivity contribution in [2.75, 3.05) is 13.1 Å².